The SMILES string of the molecule is Cc1ccc(C(N)=NO)c(N(C)CC2CC3CCC2C3)n1. The molecule has 1 aromatic heterocycles. The quantitative estimate of drug-likeness (QED) is 0.386. The lowest BCUT2D eigenvalue weighted by molar-refractivity contribution is 0.318. The molecule has 21 heavy (non-hydrogen) atoms. The highest BCUT2D eigenvalue weighted by Crippen LogP contribution is 2.48. The number of hydrogen-bond donors (Lipinski definition) is 2. The number of oxime groups is 1. The molecule has 3 unspecified atom stereocenters. The number of nitrogens with two attached hydrogens (primary N) is 1. The number of fused-ring (bicyclic) bond motifs is 2. The summed E-state index contributed by atoms with van der Waals surface area (Å²) < 4.78 is 0. The number of amidine groups is 1. The van der Waals surface area contributed by atoms with Crippen LogP contribution in [0.3, 0.4) is 0 Å². The standard InChI is InChI=1S/C16H24N4O/c1-10-3-6-14(15(17)19-21)16(18-10)20(2)9-13-8-11-4-5-12(13)7-11/h3,6,11-13,21H,4-5,7-9H2,1-2H3,(H2,17,19). The van der Waals surface area contributed by atoms with Crippen molar-refractivity contribution in [3.8, 4) is 0 Å². The summed E-state index contributed by atoms with van der Waals surface area (Å²) in [6.07, 6.45) is 5.56. The van der Waals surface area contributed by atoms with Crippen LogP contribution < -0.4 is 10.6 Å². The van der Waals surface area contributed by atoms with Gasteiger partial charge in [0.2, 0.25) is 0 Å². The summed E-state index contributed by atoms with van der Waals surface area (Å²) in [7, 11) is 2.06. The van der Waals surface area contributed by atoms with Gasteiger partial charge in [0.05, 0.1) is 5.56 Å². The Bertz CT molecular complexity index is 557. The highest BCUT2D eigenvalue weighted by molar-refractivity contribution is 6.01. The Balaban J connectivity index is 1.80. The number of aromatic nitrogens is 1. The molecule has 0 saturated heterocycles. The van der Waals surface area contributed by atoms with E-state index in [1.165, 1.54) is 25.7 Å². The van der Waals surface area contributed by atoms with Gasteiger partial charge in [-0.2, -0.15) is 0 Å². The van der Waals surface area contributed by atoms with Crippen molar-refractivity contribution in [1.29, 1.82) is 0 Å². The van der Waals surface area contributed by atoms with Gasteiger partial charge >= 0.3 is 0 Å². The first-order valence-electron chi connectivity index (χ1n) is 7.75. The summed E-state index contributed by atoms with van der Waals surface area (Å²) in [6.45, 7) is 2.97. The Kier molecular flexibility index (Phi) is 3.74. The van der Waals surface area contributed by atoms with Crippen molar-refractivity contribution in [2.45, 2.75) is 32.6 Å². The molecule has 2 saturated carbocycles. The molecule has 0 aromatic carbocycles. The molecule has 5 heteroatoms. The van der Waals surface area contributed by atoms with Gasteiger partial charge in [-0.05, 0) is 56.1 Å². The molecule has 2 aliphatic carbocycles. The highest BCUT2D eigenvalue weighted by Gasteiger charge is 2.39. The molecular formula is C16H24N4O. The van der Waals surface area contributed by atoms with Gasteiger partial charge < -0.3 is 15.8 Å². The van der Waals surface area contributed by atoms with Crippen LogP contribution in [-0.4, -0.2) is 29.6 Å². The zero-order valence-electron chi connectivity index (χ0n) is 12.8. The van der Waals surface area contributed by atoms with Crippen LogP contribution in [0.1, 0.15) is 36.9 Å². The van der Waals surface area contributed by atoms with Crippen LogP contribution in [0.25, 0.3) is 0 Å². The van der Waals surface area contributed by atoms with Crippen LogP contribution >= 0.6 is 0 Å². The zero-order chi connectivity index (χ0) is 15.0. The van der Waals surface area contributed by atoms with Crippen molar-refractivity contribution in [3.63, 3.8) is 0 Å². The van der Waals surface area contributed by atoms with E-state index in [2.05, 4.69) is 22.1 Å². The first kappa shape index (κ1) is 14.2. The largest absolute Gasteiger partial charge is 0.409 e. The molecule has 5 nitrogen and oxygen atoms in total. The first-order chi connectivity index (χ1) is 10.1. The molecule has 114 valence electrons. The van der Waals surface area contributed by atoms with E-state index in [1.807, 2.05) is 19.1 Å². The van der Waals surface area contributed by atoms with E-state index in [0.717, 1.165) is 35.8 Å². The van der Waals surface area contributed by atoms with E-state index in [0.29, 0.717) is 5.56 Å². The lowest BCUT2D eigenvalue weighted by Gasteiger charge is -2.29. The van der Waals surface area contributed by atoms with E-state index < -0.39 is 0 Å². The number of nitrogens with zero attached hydrogens (tertiary/aromatic N) is 3. The number of rotatable bonds is 4. The minimum atomic E-state index is 0.122. The van der Waals surface area contributed by atoms with Crippen molar-refractivity contribution in [2.24, 2.45) is 28.6 Å². The molecule has 2 aliphatic rings. The number of pyridine rings is 1. The molecule has 1 aromatic rings. The lowest BCUT2D eigenvalue weighted by Crippen LogP contribution is -2.31. The number of anilines is 1. The Morgan fingerprint density at radius 3 is 2.86 bits per heavy atom. The minimum absolute atomic E-state index is 0.122. The van der Waals surface area contributed by atoms with Crippen LogP contribution in [0.5, 0.6) is 0 Å². The predicted molar refractivity (Wildman–Crippen MR) is 83.7 cm³/mol. The molecule has 0 radical (unpaired) electrons. The molecule has 2 bridgehead atoms. The average Bonchev–Trinajstić information content (AvgIpc) is 3.09. The Hall–Kier alpha value is -1.78. The van der Waals surface area contributed by atoms with E-state index in [1.54, 1.807) is 0 Å². The van der Waals surface area contributed by atoms with Gasteiger partial charge in [0.1, 0.15) is 5.82 Å². The third-order valence-electron chi connectivity index (χ3n) is 5.15. The fraction of sp³-hybridized carbons (Fsp3) is 0.625. The van der Waals surface area contributed by atoms with Crippen molar-refractivity contribution >= 4 is 11.7 Å². The first-order valence-corrected chi connectivity index (χ1v) is 7.75. The molecule has 3 atom stereocenters. The maximum atomic E-state index is 8.95. The Morgan fingerprint density at radius 2 is 2.24 bits per heavy atom. The summed E-state index contributed by atoms with van der Waals surface area (Å²) in [5, 5.41) is 12.1. The second-order valence-electron chi connectivity index (χ2n) is 6.62. The van der Waals surface area contributed by atoms with E-state index in [9.17, 15) is 0 Å². The monoisotopic (exact) mass is 288 g/mol. The van der Waals surface area contributed by atoms with Gasteiger partial charge in [0.15, 0.2) is 5.84 Å². The molecule has 0 amide bonds. The van der Waals surface area contributed by atoms with E-state index in [-0.39, 0.29) is 5.84 Å². The molecule has 2 fully saturated rings. The lowest BCUT2D eigenvalue weighted by atomic mass is 9.88. The fourth-order valence-electron chi connectivity index (χ4n) is 4.13. The van der Waals surface area contributed by atoms with Gasteiger partial charge in [0, 0.05) is 19.3 Å². The van der Waals surface area contributed by atoms with Crippen molar-refractivity contribution < 1.29 is 5.21 Å². The third kappa shape index (κ3) is 2.69. The Labute approximate surface area is 125 Å². The molecule has 0 spiro atoms. The zero-order valence-corrected chi connectivity index (χ0v) is 12.8. The van der Waals surface area contributed by atoms with E-state index >= 15 is 0 Å². The van der Waals surface area contributed by atoms with Gasteiger partial charge in [-0.25, -0.2) is 4.98 Å². The van der Waals surface area contributed by atoms with Crippen LogP contribution in [-0.2, 0) is 0 Å². The number of hydrogen-bond acceptors (Lipinski definition) is 4. The van der Waals surface area contributed by atoms with Gasteiger partial charge in [-0.1, -0.05) is 11.6 Å². The molecule has 3 rings (SSSR count). The van der Waals surface area contributed by atoms with Gasteiger partial charge in [-0.3, -0.25) is 0 Å². The molecule has 0 aliphatic heterocycles. The maximum absolute atomic E-state index is 8.95. The molecule has 1 heterocycles. The van der Waals surface area contributed by atoms with Crippen LogP contribution in [0.4, 0.5) is 5.82 Å². The summed E-state index contributed by atoms with van der Waals surface area (Å²) in [4.78, 5) is 6.77. The summed E-state index contributed by atoms with van der Waals surface area (Å²) >= 11 is 0. The smallest absolute Gasteiger partial charge is 0.173 e. The number of aryl methyl sites for hydroxylation is 1. The van der Waals surface area contributed by atoms with Crippen molar-refractivity contribution in [1.82, 2.24) is 4.98 Å². The van der Waals surface area contributed by atoms with Crippen LogP contribution in [0, 0.1) is 24.7 Å². The second-order valence-corrected chi connectivity index (χ2v) is 6.62. The normalized spacial score (nSPS) is 28.1. The topological polar surface area (TPSA) is 74.7 Å². The summed E-state index contributed by atoms with van der Waals surface area (Å²) in [6, 6.07) is 3.77. The maximum Gasteiger partial charge on any atom is 0.173 e. The van der Waals surface area contributed by atoms with Gasteiger partial charge in [0.25, 0.3) is 0 Å². The van der Waals surface area contributed by atoms with E-state index in [4.69, 9.17) is 10.9 Å². The van der Waals surface area contributed by atoms with Crippen molar-refractivity contribution in [2.75, 3.05) is 18.5 Å². The Morgan fingerprint density at radius 1 is 1.43 bits per heavy atom. The summed E-state index contributed by atoms with van der Waals surface area (Å²) in [5.41, 5.74) is 7.43. The molecule has 3 N–H and O–H groups in total. The third-order valence-corrected chi connectivity index (χ3v) is 5.15. The van der Waals surface area contributed by atoms with Crippen molar-refractivity contribution in [3.05, 3.63) is 23.4 Å². The predicted octanol–water partition coefficient (Wildman–Crippen LogP) is 2.36. The second kappa shape index (κ2) is 5.54. The van der Waals surface area contributed by atoms with Gasteiger partial charge in [-0.15, -0.1) is 0 Å². The molecular weight excluding hydrogens is 264 g/mol. The van der Waals surface area contributed by atoms with Crippen LogP contribution in [0.15, 0.2) is 17.3 Å². The summed E-state index contributed by atoms with van der Waals surface area (Å²) in [5.74, 6) is 3.53. The fourth-order valence-corrected chi connectivity index (χ4v) is 4.13. The minimum Gasteiger partial charge on any atom is -0.409 e. The highest BCUT2D eigenvalue weighted by atomic mass is 16.4. The van der Waals surface area contributed by atoms with Crippen LogP contribution in [0.2, 0.25) is 0 Å². The average molecular weight is 288 g/mol.